The third-order valence-electron chi connectivity index (χ3n) is 9.98. The third-order valence-corrected chi connectivity index (χ3v) is 9.98. The maximum Gasteiger partial charge on any atom is 0.314 e. The van der Waals surface area contributed by atoms with Crippen molar-refractivity contribution in [2.24, 2.45) is 35.5 Å². The highest BCUT2D eigenvalue weighted by atomic mass is 16.5. The van der Waals surface area contributed by atoms with Crippen molar-refractivity contribution in [1.82, 2.24) is 0 Å². The Morgan fingerprint density at radius 1 is 0.833 bits per heavy atom. The molecule has 2 heteroatoms. The number of unbranched alkanes of at least 4 members (excludes halogenated alkanes) is 3. The molecule has 0 heterocycles. The fourth-order valence-electron chi connectivity index (χ4n) is 7.74. The number of esters is 1. The molecule has 0 spiro atoms. The molecule has 4 rings (SSSR count). The quantitative estimate of drug-likeness (QED) is 0.133. The van der Waals surface area contributed by atoms with Gasteiger partial charge in [-0.15, -0.1) is 0 Å². The summed E-state index contributed by atoms with van der Waals surface area (Å²) in [6.45, 7) is 4.37. The van der Waals surface area contributed by atoms with Crippen LogP contribution in [-0.2, 0) is 11.2 Å². The van der Waals surface area contributed by atoms with Gasteiger partial charge < -0.3 is 4.74 Å². The fourth-order valence-corrected chi connectivity index (χ4v) is 7.74. The molecule has 3 aliphatic rings. The minimum atomic E-state index is -0.00363. The number of hydrogen-bond donors (Lipinski definition) is 0. The molecule has 0 saturated heterocycles. The molecule has 0 aliphatic heterocycles. The summed E-state index contributed by atoms with van der Waals surface area (Å²) < 4.78 is 5.78. The van der Waals surface area contributed by atoms with Crippen molar-refractivity contribution in [3.8, 4) is 5.75 Å². The van der Waals surface area contributed by atoms with Gasteiger partial charge in [-0.05, 0) is 125 Å². The molecule has 3 fully saturated rings. The summed E-state index contributed by atoms with van der Waals surface area (Å²) in [7, 11) is 0. The molecular formula is C34H52O2. The average molecular weight is 493 g/mol. The van der Waals surface area contributed by atoms with Crippen LogP contribution in [0.15, 0.2) is 36.4 Å². The summed E-state index contributed by atoms with van der Waals surface area (Å²) in [5.74, 6) is 5.60. The maximum atomic E-state index is 12.8. The van der Waals surface area contributed by atoms with Crippen LogP contribution in [0.2, 0.25) is 0 Å². The van der Waals surface area contributed by atoms with Gasteiger partial charge in [-0.25, -0.2) is 0 Å². The Bertz CT molecular complexity index is 801. The van der Waals surface area contributed by atoms with Crippen LogP contribution in [0.25, 0.3) is 0 Å². The molecule has 4 unspecified atom stereocenters. The molecule has 0 bridgehead atoms. The van der Waals surface area contributed by atoms with Crippen molar-refractivity contribution < 1.29 is 9.53 Å². The number of fused-ring (bicyclic) bond motifs is 1. The smallest absolute Gasteiger partial charge is 0.314 e. The first-order valence-corrected chi connectivity index (χ1v) is 15.6. The van der Waals surface area contributed by atoms with Gasteiger partial charge in [0.25, 0.3) is 0 Å². The van der Waals surface area contributed by atoms with Crippen molar-refractivity contribution >= 4 is 5.97 Å². The van der Waals surface area contributed by atoms with Gasteiger partial charge in [-0.3, -0.25) is 4.79 Å². The van der Waals surface area contributed by atoms with E-state index in [1.165, 1.54) is 89.0 Å². The predicted molar refractivity (Wildman–Crippen MR) is 151 cm³/mol. The van der Waals surface area contributed by atoms with Crippen LogP contribution in [0.1, 0.15) is 122 Å². The van der Waals surface area contributed by atoms with Gasteiger partial charge in [-0.2, -0.15) is 0 Å². The van der Waals surface area contributed by atoms with E-state index in [2.05, 4.69) is 38.1 Å². The molecule has 200 valence electrons. The molecule has 1 aromatic carbocycles. The van der Waals surface area contributed by atoms with Crippen molar-refractivity contribution in [2.45, 2.75) is 123 Å². The normalized spacial score (nSPS) is 30.7. The lowest BCUT2D eigenvalue weighted by atomic mass is 9.60. The summed E-state index contributed by atoms with van der Waals surface area (Å²) in [5.41, 5.74) is 1.29. The van der Waals surface area contributed by atoms with Gasteiger partial charge in [0.15, 0.2) is 0 Å². The Labute approximate surface area is 221 Å². The Morgan fingerprint density at radius 3 is 2.22 bits per heavy atom. The first-order valence-electron chi connectivity index (χ1n) is 15.6. The molecule has 0 amide bonds. The topological polar surface area (TPSA) is 26.3 Å². The van der Waals surface area contributed by atoms with Crippen LogP contribution in [0, 0.1) is 35.5 Å². The van der Waals surface area contributed by atoms with Gasteiger partial charge >= 0.3 is 5.97 Å². The zero-order valence-corrected chi connectivity index (χ0v) is 23.3. The average Bonchev–Trinajstić information content (AvgIpc) is 2.92. The van der Waals surface area contributed by atoms with Crippen molar-refractivity contribution in [1.29, 1.82) is 0 Å². The number of rotatable bonds is 11. The second-order valence-electron chi connectivity index (χ2n) is 12.4. The molecule has 1 aromatic rings. The maximum absolute atomic E-state index is 12.8. The third kappa shape index (κ3) is 7.96. The van der Waals surface area contributed by atoms with E-state index in [9.17, 15) is 4.79 Å². The molecule has 36 heavy (non-hydrogen) atoms. The van der Waals surface area contributed by atoms with E-state index in [1.54, 1.807) is 0 Å². The van der Waals surface area contributed by atoms with Crippen molar-refractivity contribution in [3.63, 3.8) is 0 Å². The Morgan fingerprint density at radius 2 is 1.50 bits per heavy atom. The second-order valence-corrected chi connectivity index (χ2v) is 12.4. The van der Waals surface area contributed by atoms with E-state index in [-0.39, 0.29) is 11.9 Å². The second kappa shape index (κ2) is 14.4. The first kappa shape index (κ1) is 27.5. The summed E-state index contributed by atoms with van der Waals surface area (Å²) in [4.78, 5) is 12.8. The first-order chi connectivity index (χ1) is 17.7. The molecular weight excluding hydrogens is 440 g/mol. The minimum Gasteiger partial charge on any atom is -0.426 e. The monoisotopic (exact) mass is 492 g/mol. The predicted octanol–water partition coefficient (Wildman–Crippen LogP) is 9.71. The zero-order chi connectivity index (χ0) is 25.2. The number of benzene rings is 1. The van der Waals surface area contributed by atoms with Crippen LogP contribution >= 0.6 is 0 Å². The van der Waals surface area contributed by atoms with Crippen LogP contribution in [0.4, 0.5) is 0 Å². The highest BCUT2D eigenvalue weighted by Crippen LogP contribution is 2.49. The van der Waals surface area contributed by atoms with Crippen LogP contribution in [-0.4, -0.2) is 5.97 Å². The lowest BCUT2D eigenvalue weighted by molar-refractivity contribution is -0.140. The SMILES string of the molecule is C/C=C/CCc1ccc(OC(=O)C2CCC(C3CCC4CC(CCCCCC)CCC4C3)CC2)cc1. The number of aryl methyl sites for hydroxylation is 1. The molecule has 0 N–H and O–H groups in total. The highest BCUT2D eigenvalue weighted by molar-refractivity contribution is 5.75. The van der Waals surface area contributed by atoms with E-state index >= 15 is 0 Å². The molecule has 2 nitrogen and oxygen atoms in total. The lowest BCUT2D eigenvalue weighted by Gasteiger charge is -2.45. The van der Waals surface area contributed by atoms with E-state index in [4.69, 9.17) is 4.74 Å². The van der Waals surface area contributed by atoms with Crippen LogP contribution in [0.3, 0.4) is 0 Å². The van der Waals surface area contributed by atoms with Crippen LogP contribution in [0.5, 0.6) is 5.75 Å². The molecule has 4 atom stereocenters. The van der Waals surface area contributed by atoms with Crippen LogP contribution < -0.4 is 4.74 Å². The molecule has 3 aliphatic carbocycles. The minimum absolute atomic E-state index is 0.00363. The van der Waals surface area contributed by atoms with Crippen molar-refractivity contribution in [3.05, 3.63) is 42.0 Å². The largest absolute Gasteiger partial charge is 0.426 e. The Hall–Kier alpha value is -1.57. The number of ether oxygens (including phenoxy) is 1. The highest BCUT2D eigenvalue weighted by Gasteiger charge is 2.39. The number of carbonyl (C=O) groups is 1. The van der Waals surface area contributed by atoms with E-state index < -0.39 is 0 Å². The van der Waals surface area contributed by atoms with Gasteiger partial charge in [-0.1, -0.05) is 69.7 Å². The van der Waals surface area contributed by atoms with E-state index in [0.717, 1.165) is 55.3 Å². The van der Waals surface area contributed by atoms with Gasteiger partial charge in [0.05, 0.1) is 5.92 Å². The Balaban J connectivity index is 1.16. The summed E-state index contributed by atoms with van der Waals surface area (Å²) in [6.07, 6.45) is 27.0. The standard InChI is InChI=1S/C34H52O2/c1-3-5-7-9-11-27-12-15-32-25-31(21-20-30(32)24-27)28-16-18-29(19-17-28)34(35)36-33-22-13-26(14-23-33)10-8-6-4-2/h4,6,13-14,22-23,27-32H,3,5,7-12,15-21,24-25H2,1-2H3/b6-4+. The summed E-state index contributed by atoms with van der Waals surface area (Å²) in [5, 5.41) is 0. The van der Waals surface area contributed by atoms with Gasteiger partial charge in [0.1, 0.15) is 5.75 Å². The van der Waals surface area contributed by atoms with E-state index in [0.29, 0.717) is 5.75 Å². The number of hydrogen-bond acceptors (Lipinski definition) is 2. The molecule has 0 aromatic heterocycles. The lowest BCUT2D eigenvalue weighted by Crippen LogP contribution is -2.35. The molecule has 0 radical (unpaired) electrons. The van der Waals surface area contributed by atoms with E-state index in [1.807, 2.05) is 12.1 Å². The van der Waals surface area contributed by atoms with Gasteiger partial charge in [0, 0.05) is 0 Å². The zero-order valence-electron chi connectivity index (χ0n) is 23.3. The molecule has 3 saturated carbocycles. The Kier molecular flexibility index (Phi) is 11.0. The number of carbonyl (C=O) groups excluding carboxylic acids is 1. The number of allylic oxidation sites excluding steroid dienone is 2. The fraction of sp³-hybridized carbons (Fsp3) is 0.735. The summed E-state index contributed by atoms with van der Waals surface area (Å²) >= 11 is 0. The van der Waals surface area contributed by atoms with Gasteiger partial charge in [0.2, 0.25) is 0 Å². The summed E-state index contributed by atoms with van der Waals surface area (Å²) in [6, 6.07) is 8.12. The van der Waals surface area contributed by atoms with Crippen molar-refractivity contribution in [2.75, 3.05) is 0 Å².